The Morgan fingerprint density at radius 3 is 2.60 bits per heavy atom. The number of esters is 1. The minimum absolute atomic E-state index is 0.586. The molecule has 0 atom stereocenters. The molecule has 3 heteroatoms. The van der Waals surface area contributed by atoms with E-state index in [0.29, 0.717) is 0 Å². The summed E-state index contributed by atoms with van der Waals surface area (Å²) < 4.78 is 4.73. The first-order chi connectivity index (χ1) is 4.52. The third-order valence-electron chi connectivity index (χ3n) is 0.998. The molecular weight excluding hydrogens is 132 g/mol. The summed E-state index contributed by atoms with van der Waals surface area (Å²) in [5.41, 5.74) is -0.681. The lowest BCUT2D eigenvalue weighted by molar-refractivity contribution is -0.155. The van der Waals surface area contributed by atoms with Gasteiger partial charge in [0.1, 0.15) is 12.2 Å². The van der Waals surface area contributed by atoms with Crippen LogP contribution in [0, 0.1) is 0 Å². The molecule has 0 rings (SSSR count). The summed E-state index contributed by atoms with van der Waals surface area (Å²) in [4.78, 5) is 10.5. The van der Waals surface area contributed by atoms with E-state index >= 15 is 0 Å². The van der Waals surface area contributed by atoms with Gasteiger partial charge < -0.3 is 9.84 Å². The van der Waals surface area contributed by atoms with Gasteiger partial charge in [-0.1, -0.05) is 6.58 Å². The van der Waals surface area contributed by atoms with Crippen LogP contribution in [0.15, 0.2) is 12.7 Å². The lowest BCUT2D eigenvalue weighted by atomic mass is 10.1. The van der Waals surface area contributed by atoms with Crippen LogP contribution in [0.4, 0.5) is 0 Å². The molecule has 10 heavy (non-hydrogen) atoms. The van der Waals surface area contributed by atoms with Crippen molar-refractivity contribution in [1.29, 1.82) is 0 Å². The van der Waals surface area contributed by atoms with Crippen LogP contribution in [-0.4, -0.2) is 23.3 Å². The Balaban J connectivity index is 3.88. The van der Waals surface area contributed by atoms with Gasteiger partial charge in [-0.3, -0.25) is 0 Å². The van der Waals surface area contributed by atoms with Crippen molar-refractivity contribution in [3.63, 3.8) is 0 Å². The van der Waals surface area contributed by atoms with E-state index in [2.05, 4.69) is 6.58 Å². The molecule has 58 valence electrons. The molecule has 0 spiro atoms. The fourth-order valence-electron chi connectivity index (χ4n) is 0.367. The Hall–Kier alpha value is -0.830. The number of carbonyl (C=O) groups is 1. The summed E-state index contributed by atoms with van der Waals surface area (Å²) in [6, 6.07) is 0. The molecule has 0 saturated heterocycles. The minimum Gasteiger partial charge on any atom is -0.454 e. The van der Waals surface area contributed by atoms with Gasteiger partial charge in [-0.25, -0.2) is 4.79 Å². The average Bonchev–Trinajstić information content (AvgIpc) is 1.87. The van der Waals surface area contributed by atoms with E-state index in [1.807, 2.05) is 0 Å². The number of ether oxygens (including phenoxy) is 1. The smallest absolute Gasteiger partial charge is 0.332 e. The normalized spacial score (nSPS) is 10.7. The second-order valence-corrected chi connectivity index (χ2v) is 2.44. The molecule has 0 amide bonds. The molecule has 0 unspecified atom stereocenters. The summed E-state index contributed by atoms with van der Waals surface area (Å²) in [5, 5.41) is 8.28. The van der Waals surface area contributed by atoms with E-state index in [1.165, 1.54) is 6.08 Å². The SMILES string of the molecule is C=CC(C)(C)OC(=O)CO. The number of aliphatic hydroxyl groups is 1. The molecule has 0 aliphatic carbocycles. The van der Waals surface area contributed by atoms with E-state index in [1.54, 1.807) is 13.8 Å². The Kier molecular flexibility index (Phi) is 3.09. The molecule has 0 aromatic rings. The van der Waals surface area contributed by atoms with Crippen molar-refractivity contribution in [3.05, 3.63) is 12.7 Å². The molecule has 0 heterocycles. The van der Waals surface area contributed by atoms with Gasteiger partial charge >= 0.3 is 5.97 Å². The zero-order valence-corrected chi connectivity index (χ0v) is 6.26. The highest BCUT2D eigenvalue weighted by Gasteiger charge is 2.17. The Morgan fingerprint density at radius 1 is 1.80 bits per heavy atom. The topological polar surface area (TPSA) is 46.5 Å². The zero-order valence-electron chi connectivity index (χ0n) is 6.26. The van der Waals surface area contributed by atoms with Crippen LogP contribution in [0.25, 0.3) is 0 Å². The number of hydrogen-bond donors (Lipinski definition) is 1. The van der Waals surface area contributed by atoms with E-state index in [9.17, 15) is 4.79 Å². The molecule has 0 aliphatic heterocycles. The summed E-state index contributed by atoms with van der Waals surface area (Å²) in [6.07, 6.45) is 1.50. The van der Waals surface area contributed by atoms with E-state index < -0.39 is 18.2 Å². The van der Waals surface area contributed by atoms with Gasteiger partial charge in [0, 0.05) is 0 Å². The lowest BCUT2D eigenvalue weighted by Crippen LogP contribution is -2.26. The molecule has 3 nitrogen and oxygen atoms in total. The standard InChI is InChI=1S/C7H12O3/c1-4-7(2,3)10-6(9)5-8/h4,8H,1,5H2,2-3H3. The molecule has 0 saturated carbocycles. The fourth-order valence-corrected chi connectivity index (χ4v) is 0.367. The molecule has 0 radical (unpaired) electrons. The maximum Gasteiger partial charge on any atom is 0.332 e. The largest absolute Gasteiger partial charge is 0.454 e. The number of hydrogen-bond acceptors (Lipinski definition) is 3. The highest BCUT2D eigenvalue weighted by molar-refractivity contribution is 5.71. The molecular formula is C7H12O3. The number of rotatable bonds is 3. The van der Waals surface area contributed by atoms with Crippen molar-refractivity contribution < 1.29 is 14.6 Å². The van der Waals surface area contributed by atoms with Crippen LogP contribution in [0.5, 0.6) is 0 Å². The Bertz CT molecular complexity index is 138. The van der Waals surface area contributed by atoms with E-state index in [0.717, 1.165) is 0 Å². The molecule has 0 bridgehead atoms. The molecule has 0 aliphatic rings. The van der Waals surface area contributed by atoms with Crippen LogP contribution >= 0.6 is 0 Å². The maximum absolute atomic E-state index is 10.5. The second kappa shape index (κ2) is 3.37. The predicted octanol–water partition coefficient (Wildman–Crippen LogP) is 0.486. The summed E-state index contributed by atoms with van der Waals surface area (Å²) >= 11 is 0. The fraction of sp³-hybridized carbons (Fsp3) is 0.571. The van der Waals surface area contributed by atoms with Crippen LogP contribution in [0.2, 0.25) is 0 Å². The van der Waals surface area contributed by atoms with Crippen molar-refractivity contribution in [1.82, 2.24) is 0 Å². The Labute approximate surface area is 60.3 Å². The highest BCUT2D eigenvalue weighted by Crippen LogP contribution is 2.09. The van der Waals surface area contributed by atoms with Gasteiger partial charge in [-0.05, 0) is 19.9 Å². The van der Waals surface area contributed by atoms with Gasteiger partial charge in [0.05, 0.1) is 0 Å². The Morgan fingerprint density at radius 2 is 2.30 bits per heavy atom. The van der Waals surface area contributed by atoms with Gasteiger partial charge in [0.2, 0.25) is 0 Å². The average molecular weight is 144 g/mol. The summed E-state index contributed by atoms with van der Waals surface area (Å²) in [6.45, 7) is 6.25. The zero-order chi connectivity index (χ0) is 8.20. The van der Waals surface area contributed by atoms with E-state index in [4.69, 9.17) is 9.84 Å². The van der Waals surface area contributed by atoms with Crippen LogP contribution in [-0.2, 0) is 9.53 Å². The monoisotopic (exact) mass is 144 g/mol. The van der Waals surface area contributed by atoms with Crippen molar-refractivity contribution in [2.75, 3.05) is 6.61 Å². The summed E-state index contributed by atoms with van der Waals surface area (Å²) in [5.74, 6) is -0.634. The first-order valence-electron chi connectivity index (χ1n) is 2.98. The van der Waals surface area contributed by atoms with Gasteiger partial charge in [-0.2, -0.15) is 0 Å². The first-order valence-corrected chi connectivity index (χ1v) is 2.98. The first kappa shape index (κ1) is 9.17. The lowest BCUT2D eigenvalue weighted by Gasteiger charge is -2.19. The van der Waals surface area contributed by atoms with Gasteiger partial charge in [0.25, 0.3) is 0 Å². The van der Waals surface area contributed by atoms with Gasteiger partial charge in [0.15, 0.2) is 0 Å². The number of aliphatic hydroxyl groups excluding tert-OH is 1. The summed E-state index contributed by atoms with van der Waals surface area (Å²) in [7, 11) is 0. The highest BCUT2D eigenvalue weighted by atomic mass is 16.6. The van der Waals surface area contributed by atoms with Crippen molar-refractivity contribution in [2.24, 2.45) is 0 Å². The molecule has 0 aromatic heterocycles. The van der Waals surface area contributed by atoms with Crippen LogP contribution in [0.3, 0.4) is 0 Å². The molecule has 0 aromatic carbocycles. The molecule has 1 N–H and O–H groups in total. The quantitative estimate of drug-likeness (QED) is 0.463. The van der Waals surface area contributed by atoms with Crippen molar-refractivity contribution >= 4 is 5.97 Å². The van der Waals surface area contributed by atoms with Crippen molar-refractivity contribution in [2.45, 2.75) is 19.4 Å². The van der Waals surface area contributed by atoms with Crippen molar-refractivity contribution in [3.8, 4) is 0 Å². The number of carbonyl (C=O) groups excluding carboxylic acids is 1. The minimum atomic E-state index is -0.681. The third kappa shape index (κ3) is 3.25. The third-order valence-corrected chi connectivity index (χ3v) is 0.998. The second-order valence-electron chi connectivity index (χ2n) is 2.44. The van der Waals surface area contributed by atoms with Gasteiger partial charge in [-0.15, -0.1) is 0 Å². The van der Waals surface area contributed by atoms with Crippen LogP contribution < -0.4 is 0 Å². The molecule has 0 fully saturated rings. The predicted molar refractivity (Wildman–Crippen MR) is 37.5 cm³/mol. The van der Waals surface area contributed by atoms with E-state index in [-0.39, 0.29) is 0 Å². The van der Waals surface area contributed by atoms with Crippen LogP contribution in [0.1, 0.15) is 13.8 Å². The maximum atomic E-state index is 10.5.